The van der Waals surface area contributed by atoms with Crippen LogP contribution in [0.1, 0.15) is 20.9 Å². The molecule has 2 aromatic heterocycles. The van der Waals surface area contributed by atoms with Crippen LogP contribution >= 0.6 is 11.3 Å². The van der Waals surface area contributed by atoms with E-state index >= 15 is 0 Å². The molecule has 0 unspecified atom stereocenters. The van der Waals surface area contributed by atoms with Gasteiger partial charge in [-0.25, -0.2) is 4.98 Å². The third-order valence-electron chi connectivity index (χ3n) is 2.21. The maximum absolute atomic E-state index is 11.7. The highest BCUT2D eigenvalue weighted by molar-refractivity contribution is 7.10. The highest BCUT2D eigenvalue weighted by Crippen LogP contribution is 2.13. The highest BCUT2D eigenvalue weighted by atomic mass is 32.1. The maximum Gasteiger partial charge on any atom is 0.271 e. The van der Waals surface area contributed by atoms with Gasteiger partial charge in [0.1, 0.15) is 5.69 Å². The quantitative estimate of drug-likeness (QED) is 0.809. The molecule has 2 heterocycles. The predicted molar refractivity (Wildman–Crippen MR) is 73.5 cm³/mol. The molecule has 1 amide bonds. The maximum atomic E-state index is 11.7. The van der Waals surface area contributed by atoms with Crippen molar-refractivity contribution >= 4 is 17.2 Å². The van der Waals surface area contributed by atoms with Crippen LogP contribution in [0.4, 0.5) is 0 Å². The number of nitrogens with one attached hydrogen (secondary N) is 1. The number of nitrogens with two attached hydrogens (primary N) is 1. The lowest BCUT2D eigenvalue weighted by molar-refractivity contribution is 0.0946. The summed E-state index contributed by atoms with van der Waals surface area (Å²) >= 11 is 1.54. The van der Waals surface area contributed by atoms with Crippen LogP contribution < -0.4 is 11.1 Å². The second kappa shape index (κ2) is 6.64. The Bertz CT molecular complexity index is 612. The van der Waals surface area contributed by atoms with Gasteiger partial charge in [-0.15, -0.1) is 11.3 Å². The van der Waals surface area contributed by atoms with Gasteiger partial charge in [-0.1, -0.05) is 11.8 Å². The van der Waals surface area contributed by atoms with E-state index in [1.165, 1.54) is 18.6 Å². The Kier molecular flexibility index (Phi) is 4.61. The van der Waals surface area contributed by atoms with Crippen LogP contribution in [0.5, 0.6) is 0 Å². The first-order chi connectivity index (χ1) is 9.29. The van der Waals surface area contributed by atoms with Gasteiger partial charge in [0.05, 0.1) is 19.3 Å². The summed E-state index contributed by atoms with van der Waals surface area (Å²) in [5.41, 5.74) is 6.53. The van der Waals surface area contributed by atoms with E-state index in [1.807, 2.05) is 11.4 Å². The van der Waals surface area contributed by atoms with Crippen LogP contribution in [-0.4, -0.2) is 22.4 Å². The Balaban J connectivity index is 1.92. The Hall–Kier alpha value is -2.23. The minimum atomic E-state index is -0.240. The topological polar surface area (TPSA) is 80.9 Å². The average Bonchev–Trinajstić information content (AvgIpc) is 2.91. The molecule has 0 saturated heterocycles. The zero-order valence-electron chi connectivity index (χ0n) is 10.1. The van der Waals surface area contributed by atoms with Gasteiger partial charge in [-0.3, -0.25) is 9.78 Å². The zero-order chi connectivity index (χ0) is 13.5. The summed E-state index contributed by atoms with van der Waals surface area (Å²) in [7, 11) is 0. The van der Waals surface area contributed by atoms with Gasteiger partial charge in [0.2, 0.25) is 0 Å². The largest absolute Gasteiger partial charge is 0.346 e. The number of rotatable bonds is 3. The molecule has 0 fully saturated rings. The number of hydrogen-bond acceptors (Lipinski definition) is 5. The fraction of sp³-hybridized carbons (Fsp3) is 0.154. The minimum absolute atomic E-state index is 0.240. The molecule has 19 heavy (non-hydrogen) atoms. The molecule has 0 aliphatic rings. The molecule has 2 aromatic rings. The molecule has 5 nitrogen and oxygen atoms in total. The van der Waals surface area contributed by atoms with Gasteiger partial charge < -0.3 is 11.1 Å². The van der Waals surface area contributed by atoms with E-state index < -0.39 is 0 Å². The summed E-state index contributed by atoms with van der Waals surface area (Å²) in [6, 6.07) is 1.93. The predicted octanol–water partition coefficient (Wildman–Crippen LogP) is 0.778. The molecule has 6 heteroatoms. The standard InChI is InChI=1S/C13H12N4OS/c14-3-1-2-10-6-11(19-9-10)7-17-13(18)12-8-15-4-5-16-12/h4-6,8-9H,3,7,14H2,(H,17,18). The Morgan fingerprint density at radius 1 is 1.47 bits per heavy atom. The molecule has 0 aromatic carbocycles. The van der Waals surface area contributed by atoms with Crippen LogP contribution in [0.25, 0.3) is 0 Å². The number of amides is 1. The number of carbonyl (C=O) groups is 1. The van der Waals surface area contributed by atoms with Gasteiger partial charge in [-0.2, -0.15) is 0 Å². The second-order valence-electron chi connectivity index (χ2n) is 3.58. The number of aromatic nitrogens is 2. The summed E-state index contributed by atoms with van der Waals surface area (Å²) in [6.45, 7) is 0.791. The molecular weight excluding hydrogens is 260 g/mol. The van der Waals surface area contributed by atoms with Crippen molar-refractivity contribution < 1.29 is 4.79 Å². The van der Waals surface area contributed by atoms with Gasteiger partial charge in [0.25, 0.3) is 5.91 Å². The van der Waals surface area contributed by atoms with Crippen LogP contribution in [0.15, 0.2) is 30.0 Å². The first kappa shape index (κ1) is 13.2. The molecule has 0 atom stereocenters. The van der Waals surface area contributed by atoms with Gasteiger partial charge in [0, 0.05) is 28.2 Å². The van der Waals surface area contributed by atoms with Gasteiger partial charge >= 0.3 is 0 Å². The SMILES string of the molecule is NCC#Cc1csc(CNC(=O)c2cnccn2)c1. The van der Waals surface area contributed by atoms with Gasteiger partial charge in [-0.05, 0) is 6.07 Å². The van der Waals surface area contributed by atoms with E-state index in [9.17, 15) is 4.79 Å². The van der Waals surface area contributed by atoms with Crippen molar-refractivity contribution in [3.05, 3.63) is 46.2 Å². The molecule has 0 spiro atoms. The first-order valence-electron chi connectivity index (χ1n) is 5.60. The lowest BCUT2D eigenvalue weighted by Gasteiger charge is -2.01. The van der Waals surface area contributed by atoms with E-state index in [-0.39, 0.29) is 5.91 Å². The van der Waals surface area contributed by atoms with Crippen molar-refractivity contribution in [3.63, 3.8) is 0 Å². The molecule has 2 rings (SSSR count). The van der Waals surface area contributed by atoms with Crippen molar-refractivity contribution in [2.24, 2.45) is 5.73 Å². The van der Waals surface area contributed by atoms with E-state index in [0.717, 1.165) is 10.4 Å². The van der Waals surface area contributed by atoms with Crippen LogP contribution in [0, 0.1) is 11.8 Å². The number of thiophene rings is 1. The van der Waals surface area contributed by atoms with E-state index in [2.05, 4.69) is 27.1 Å². The number of hydrogen-bond donors (Lipinski definition) is 2. The first-order valence-corrected chi connectivity index (χ1v) is 6.48. The van der Waals surface area contributed by atoms with E-state index in [1.54, 1.807) is 11.3 Å². The van der Waals surface area contributed by atoms with Crippen LogP contribution in [0.3, 0.4) is 0 Å². The van der Waals surface area contributed by atoms with Crippen molar-refractivity contribution in [1.29, 1.82) is 0 Å². The van der Waals surface area contributed by atoms with Gasteiger partial charge in [0.15, 0.2) is 0 Å². The lowest BCUT2D eigenvalue weighted by atomic mass is 10.3. The van der Waals surface area contributed by atoms with E-state index in [4.69, 9.17) is 5.73 Å². The second-order valence-corrected chi connectivity index (χ2v) is 4.58. The highest BCUT2D eigenvalue weighted by Gasteiger charge is 2.06. The lowest BCUT2D eigenvalue weighted by Crippen LogP contribution is -2.23. The normalized spacial score (nSPS) is 9.53. The zero-order valence-corrected chi connectivity index (χ0v) is 10.9. The average molecular weight is 272 g/mol. The Morgan fingerprint density at radius 2 is 2.37 bits per heavy atom. The molecule has 0 radical (unpaired) electrons. The molecule has 0 aliphatic heterocycles. The summed E-state index contributed by atoms with van der Waals surface area (Å²) in [5, 5.41) is 4.72. The van der Waals surface area contributed by atoms with Crippen molar-refractivity contribution in [2.75, 3.05) is 6.54 Å². The van der Waals surface area contributed by atoms with Crippen molar-refractivity contribution in [1.82, 2.24) is 15.3 Å². The monoisotopic (exact) mass is 272 g/mol. The summed E-state index contributed by atoms with van der Waals surface area (Å²) < 4.78 is 0. The summed E-state index contributed by atoms with van der Waals surface area (Å²) in [5.74, 6) is 5.49. The summed E-state index contributed by atoms with van der Waals surface area (Å²) in [6.07, 6.45) is 4.45. The number of carbonyl (C=O) groups excluding carboxylic acids is 1. The number of nitrogens with zero attached hydrogens (tertiary/aromatic N) is 2. The molecular formula is C13H12N4OS. The third-order valence-corrected chi connectivity index (χ3v) is 3.14. The molecule has 3 N–H and O–H groups in total. The fourth-order valence-electron chi connectivity index (χ4n) is 1.37. The Labute approximate surface area is 114 Å². The van der Waals surface area contributed by atoms with Crippen molar-refractivity contribution in [3.8, 4) is 11.8 Å². The molecule has 0 saturated carbocycles. The Morgan fingerprint density at radius 3 is 3.11 bits per heavy atom. The molecule has 0 bridgehead atoms. The van der Waals surface area contributed by atoms with E-state index in [0.29, 0.717) is 18.8 Å². The fourth-order valence-corrected chi connectivity index (χ4v) is 2.12. The third kappa shape index (κ3) is 3.88. The van der Waals surface area contributed by atoms with Crippen molar-refractivity contribution in [2.45, 2.75) is 6.54 Å². The van der Waals surface area contributed by atoms with Crippen LogP contribution in [-0.2, 0) is 6.54 Å². The minimum Gasteiger partial charge on any atom is -0.346 e. The smallest absolute Gasteiger partial charge is 0.271 e. The molecule has 0 aliphatic carbocycles. The van der Waals surface area contributed by atoms with Crippen LogP contribution in [0.2, 0.25) is 0 Å². The molecule has 96 valence electrons. The summed E-state index contributed by atoms with van der Waals surface area (Å²) in [4.78, 5) is 20.5.